The van der Waals surface area contributed by atoms with E-state index in [0.29, 0.717) is 12.5 Å². The van der Waals surface area contributed by atoms with Gasteiger partial charge in [-0.05, 0) is 38.1 Å². The third-order valence-corrected chi connectivity index (χ3v) is 4.05. The second kappa shape index (κ2) is 6.68. The van der Waals surface area contributed by atoms with Crippen LogP contribution in [0.4, 0.5) is 0 Å². The van der Waals surface area contributed by atoms with Gasteiger partial charge in [0.2, 0.25) is 0 Å². The Morgan fingerprint density at radius 3 is 2.79 bits per heavy atom. The molecule has 2 fully saturated rings. The number of carboxylic acids is 1. The molecule has 1 saturated carbocycles. The SMILES string of the molecule is CCCNC(COCC1CCOC1)(C(=O)O)C1CC1. The van der Waals surface area contributed by atoms with Gasteiger partial charge in [0, 0.05) is 12.5 Å². The average molecular weight is 271 g/mol. The Kier molecular flexibility index (Phi) is 5.19. The van der Waals surface area contributed by atoms with Gasteiger partial charge < -0.3 is 14.6 Å². The van der Waals surface area contributed by atoms with E-state index in [-0.39, 0.29) is 12.5 Å². The molecule has 0 aromatic rings. The van der Waals surface area contributed by atoms with Crippen molar-refractivity contribution >= 4 is 5.97 Å². The van der Waals surface area contributed by atoms with Crippen LogP contribution in [0.5, 0.6) is 0 Å². The molecule has 1 heterocycles. The van der Waals surface area contributed by atoms with Gasteiger partial charge >= 0.3 is 5.97 Å². The first-order chi connectivity index (χ1) is 9.19. The monoisotopic (exact) mass is 271 g/mol. The van der Waals surface area contributed by atoms with Crippen LogP contribution in [-0.4, -0.2) is 49.6 Å². The van der Waals surface area contributed by atoms with Gasteiger partial charge in [0.15, 0.2) is 0 Å². The molecule has 2 unspecified atom stereocenters. The lowest BCUT2D eigenvalue weighted by Crippen LogP contribution is -2.58. The summed E-state index contributed by atoms with van der Waals surface area (Å²) in [5, 5.41) is 12.8. The highest BCUT2D eigenvalue weighted by molar-refractivity contribution is 5.80. The van der Waals surface area contributed by atoms with Gasteiger partial charge in [-0.2, -0.15) is 0 Å². The third kappa shape index (κ3) is 3.68. The number of hydrogen-bond acceptors (Lipinski definition) is 4. The highest BCUT2D eigenvalue weighted by Gasteiger charge is 2.51. The number of rotatable bonds is 9. The Labute approximate surface area is 114 Å². The molecule has 0 spiro atoms. The molecular weight excluding hydrogens is 246 g/mol. The largest absolute Gasteiger partial charge is 0.480 e. The maximum atomic E-state index is 11.7. The predicted molar refractivity (Wildman–Crippen MR) is 71.1 cm³/mol. The first-order valence-electron chi connectivity index (χ1n) is 7.33. The normalized spacial score (nSPS) is 26.3. The minimum atomic E-state index is -0.879. The number of carbonyl (C=O) groups is 1. The fourth-order valence-electron chi connectivity index (χ4n) is 2.65. The van der Waals surface area contributed by atoms with Crippen LogP contribution in [0.15, 0.2) is 0 Å². The predicted octanol–water partition coefficient (Wildman–Crippen LogP) is 1.27. The van der Waals surface area contributed by atoms with E-state index in [1.54, 1.807) is 0 Å². The fraction of sp³-hybridized carbons (Fsp3) is 0.929. The minimum Gasteiger partial charge on any atom is -0.480 e. The molecule has 110 valence electrons. The molecule has 0 aromatic carbocycles. The van der Waals surface area contributed by atoms with E-state index >= 15 is 0 Å². The Bertz CT molecular complexity index is 300. The summed E-state index contributed by atoms with van der Waals surface area (Å²) in [5.74, 6) is -0.126. The maximum absolute atomic E-state index is 11.7. The number of ether oxygens (including phenoxy) is 2. The molecular formula is C14H25NO4. The van der Waals surface area contributed by atoms with Crippen LogP contribution in [0, 0.1) is 11.8 Å². The molecule has 0 amide bonds. The van der Waals surface area contributed by atoms with E-state index in [1.807, 2.05) is 6.92 Å². The summed E-state index contributed by atoms with van der Waals surface area (Å²) in [6.45, 7) is 5.18. The highest BCUT2D eigenvalue weighted by Crippen LogP contribution is 2.40. The third-order valence-electron chi connectivity index (χ3n) is 4.05. The number of carboxylic acid groups (broad SMARTS) is 1. The van der Waals surface area contributed by atoms with Crippen LogP contribution < -0.4 is 5.32 Å². The first kappa shape index (κ1) is 14.8. The highest BCUT2D eigenvalue weighted by atomic mass is 16.5. The molecule has 5 nitrogen and oxygen atoms in total. The standard InChI is InChI=1S/C14H25NO4/c1-2-6-15-14(13(16)17,12-3-4-12)10-19-9-11-5-7-18-8-11/h11-12,15H,2-10H2,1H3,(H,16,17). The van der Waals surface area contributed by atoms with Gasteiger partial charge in [-0.15, -0.1) is 0 Å². The summed E-state index contributed by atoms with van der Waals surface area (Å²) in [7, 11) is 0. The molecule has 2 aliphatic rings. The Hall–Kier alpha value is -0.650. The van der Waals surface area contributed by atoms with Crippen LogP contribution in [0.2, 0.25) is 0 Å². The van der Waals surface area contributed by atoms with Gasteiger partial charge in [0.1, 0.15) is 5.54 Å². The number of hydrogen-bond donors (Lipinski definition) is 2. The van der Waals surface area contributed by atoms with Crippen molar-refractivity contribution in [1.29, 1.82) is 0 Å². The van der Waals surface area contributed by atoms with E-state index in [9.17, 15) is 9.90 Å². The molecule has 1 saturated heterocycles. The lowest BCUT2D eigenvalue weighted by Gasteiger charge is -2.31. The summed E-state index contributed by atoms with van der Waals surface area (Å²) in [6.07, 6.45) is 3.92. The van der Waals surface area contributed by atoms with Crippen molar-refractivity contribution in [3.05, 3.63) is 0 Å². The van der Waals surface area contributed by atoms with Gasteiger partial charge in [-0.3, -0.25) is 10.1 Å². The van der Waals surface area contributed by atoms with Gasteiger partial charge in [-0.25, -0.2) is 0 Å². The van der Waals surface area contributed by atoms with Gasteiger partial charge in [0.05, 0.1) is 19.8 Å². The molecule has 1 aliphatic heterocycles. The van der Waals surface area contributed by atoms with E-state index in [1.165, 1.54) is 0 Å². The second-order valence-corrected chi connectivity index (χ2v) is 5.72. The van der Waals surface area contributed by atoms with E-state index in [4.69, 9.17) is 9.47 Å². The summed E-state index contributed by atoms with van der Waals surface area (Å²) >= 11 is 0. The van der Waals surface area contributed by atoms with Crippen molar-refractivity contribution in [3.8, 4) is 0 Å². The quantitative estimate of drug-likeness (QED) is 0.661. The topological polar surface area (TPSA) is 67.8 Å². The van der Waals surface area contributed by atoms with Crippen molar-refractivity contribution in [2.24, 2.45) is 11.8 Å². The van der Waals surface area contributed by atoms with Crippen LogP contribution >= 0.6 is 0 Å². The van der Waals surface area contributed by atoms with Crippen LogP contribution in [0.3, 0.4) is 0 Å². The van der Waals surface area contributed by atoms with E-state index < -0.39 is 11.5 Å². The molecule has 19 heavy (non-hydrogen) atoms. The average Bonchev–Trinajstić information content (AvgIpc) is 3.11. The zero-order valence-corrected chi connectivity index (χ0v) is 11.7. The van der Waals surface area contributed by atoms with E-state index in [0.717, 1.165) is 45.4 Å². The molecule has 1 aliphatic carbocycles. The Morgan fingerprint density at radius 1 is 1.47 bits per heavy atom. The summed E-state index contributed by atoms with van der Waals surface area (Å²) in [5.41, 5.74) is -0.879. The Balaban J connectivity index is 1.86. The summed E-state index contributed by atoms with van der Waals surface area (Å²) in [6, 6.07) is 0. The zero-order valence-electron chi connectivity index (χ0n) is 11.7. The number of aliphatic carboxylic acids is 1. The van der Waals surface area contributed by atoms with Crippen molar-refractivity contribution in [1.82, 2.24) is 5.32 Å². The van der Waals surface area contributed by atoms with E-state index in [2.05, 4.69) is 5.32 Å². The van der Waals surface area contributed by atoms with Crippen molar-refractivity contribution in [2.45, 2.75) is 38.1 Å². The molecule has 0 aromatic heterocycles. The summed E-state index contributed by atoms with van der Waals surface area (Å²) < 4.78 is 11.0. The smallest absolute Gasteiger partial charge is 0.326 e. The maximum Gasteiger partial charge on any atom is 0.326 e. The lowest BCUT2D eigenvalue weighted by molar-refractivity contribution is -0.149. The van der Waals surface area contributed by atoms with Gasteiger partial charge in [-0.1, -0.05) is 6.92 Å². The minimum absolute atomic E-state index is 0.219. The molecule has 2 N–H and O–H groups in total. The number of nitrogens with one attached hydrogen (secondary N) is 1. The lowest BCUT2D eigenvalue weighted by atomic mass is 9.94. The molecule has 5 heteroatoms. The molecule has 2 rings (SSSR count). The van der Waals surface area contributed by atoms with Crippen molar-refractivity contribution < 1.29 is 19.4 Å². The first-order valence-corrected chi connectivity index (χ1v) is 7.33. The second-order valence-electron chi connectivity index (χ2n) is 5.72. The fourth-order valence-corrected chi connectivity index (χ4v) is 2.65. The molecule has 2 atom stereocenters. The van der Waals surface area contributed by atoms with Crippen molar-refractivity contribution in [3.63, 3.8) is 0 Å². The molecule has 0 bridgehead atoms. The van der Waals surface area contributed by atoms with Crippen LogP contribution in [-0.2, 0) is 14.3 Å². The van der Waals surface area contributed by atoms with Gasteiger partial charge in [0.25, 0.3) is 0 Å². The Morgan fingerprint density at radius 2 is 2.26 bits per heavy atom. The molecule has 0 radical (unpaired) electrons. The van der Waals surface area contributed by atoms with Crippen molar-refractivity contribution in [2.75, 3.05) is 33.0 Å². The van der Waals surface area contributed by atoms with Crippen LogP contribution in [0.25, 0.3) is 0 Å². The van der Waals surface area contributed by atoms with Crippen LogP contribution in [0.1, 0.15) is 32.6 Å². The zero-order chi connectivity index (χ0) is 13.7. The summed E-state index contributed by atoms with van der Waals surface area (Å²) in [4.78, 5) is 11.7.